The molecule has 0 saturated carbocycles. The van der Waals surface area contributed by atoms with Crippen LogP contribution in [0.25, 0.3) is 22.2 Å². The molecule has 174 valence electrons. The summed E-state index contributed by atoms with van der Waals surface area (Å²) in [7, 11) is 16.6. The van der Waals surface area contributed by atoms with Crippen LogP contribution in [0.5, 0.6) is 0 Å². The van der Waals surface area contributed by atoms with Crippen molar-refractivity contribution in [3.05, 3.63) is 71.3 Å². The molecule has 7 nitrogen and oxygen atoms in total. The minimum atomic E-state index is -4.66. The Bertz CT molecular complexity index is 1470. The van der Waals surface area contributed by atoms with E-state index in [-0.39, 0.29) is 11.5 Å². The lowest BCUT2D eigenvalue weighted by Gasteiger charge is -2.22. The van der Waals surface area contributed by atoms with Crippen LogP contribution in [0.15, 0.2) is 48.8 Å². The minimum Gasteiger partial charge on any atom is -0.374 e. The van der Waals surface area contributed by atoms with Gasteiger partial charge in [-0.15, -0.1) is 0 Å². The van der Waals surface area contributed by atoms with Gasteiger partial charge in [-0.2, -0.15) is 18.2 Å². The Morgan fingerprint density at radius 3 is 2.39 bits per heavy atom. The van der Waals surface area contributed by atoms with E-state index in [9.17, 15) is 18.0 Å². The molecule has 0 unspecified atom stereocenters. The molecule has 0 fully saturated rings. The highest BCUT2D eigenvalue weighted by molar-refractivity contribution is 6.60. The number of carbonyl (C=O) groups excluding carboxylic acids is 1. The van der Waals surface area contributed by atoms with Gasteiger partial charge < -0.3 is 10.6 Å². The number of hydrogen-bond acceptors (Lipinski definition) is 6. The first-order valence-corrected chi connectivity index (χ1v) is 10.5. The first-order valence-electron chi connectivity index (χ1n) is 10.5. The Hall–Kier alpha value is -3.89. The minimum absolute atomic E-state index is 0.111. The molecule has 1 aromatic carbocycles. The van der Waals surface area contributed by atoms with Crippen molar-refractivity contribution in [2.75, 3.05) is 10.6 Å². The second-order valence-corrected chi connectivity index (χ2v) is 8.20. The molecule has 36 heavy (non-hydrogen) atoms. The van der Waals surface area contributed by atoms with E-state index in [1.54, 1.807) is 25.1 Å². The molecule has 3 aromatic heterocycles. The number of benzene rings is 1. The molecule has 6 radical (unpaired) electrons. The van der Waals surface area contributed by atoms with Gasteiger partial charge in [0.15, 0.2) is 5.65 Å². The number of alkyl halides is 3. The average Bonchev–Trinajstić information content (AvgIpc) is 2.78. The van der Waals surface area contributed by atoms with Gasteiger partial charge in [-0.25, -0.2) is 9.97 Å². The summed E-state index contributed by atoms with van der Waals surface area (Å²) in [5.41, 5.74) is 2.52. The summed E-state index contributed by atoms with van der Waals surface area (Å²) >= 11 is 0. The Morgan fingerprint density at radius 2 is 1.69 bits per heavy atom. The molecule has 4 aromatic rings. The quantitative estimate of drug-likeness (QED) is 0.424. The van der Waals surface area contributed by atoms with Crippen LogP contribution in [0.1, 0.15) is 27.3 Å². The smallest absolute Gasteiger partial charge is 0.374 e. The van der Waals surface area contributed by atoms with Gasteiger partial charge in [0, 0.05) is 40.3 Å². The van der Waals surface area contributed by atoms with Crippen molar-refractivity contribution in [1.82, 2.24) is 19.9 Å². The van der Waals surface area contributed by atoms with Gasteiger partial charge in [0.2, 0.25) is 5.95 Å². The topological polar surface area (TPSA) is 92.7 Å². The number of hydrogen-bond donors (Lipinski definition) is 2. The van der Waals surface area contributed by atoms with E-state index in [0.717, 1.165) is 22.9 Å². The van der Waals surface area contributed by atoms with E-state index in [1.807, 2.05) is 13.0 Å². The zero-order valence-corrected chi connectivity index (χ0v) is 19.2. The second kappa shape index (κ2) is 9.29. The maximum atomic E-state index is 13.0. The van der Waals surface area contributed by atoms with Crippen molar-refractivity contribution in [1.29, 1.82) is 0 Å². The van der Waals surface area contributed by atoms with Crippen molar-refractivity contribution >= 4 is 52.1 Å². The summed E-state index contributed by atoms with van der Waals surface area (Å²) < 4.78 is 38.9. The summed E-state index contributed by atoms with van der Waals surface area (Å²) in [5.74, 6) is -0.587. The predicted molar refractivity (Wildman–Crippen MR) is 133 cm³/mol. The van der Waals surface area contributed by atoms with Gasteiger partial charge in [0.25, 0.3) is 5.91 Å². The molecule has 13 heteroatoms. The SMILES string of the molecule is [B]C([B])([B])Nc1ncc2cc(-c3cc(NC(=O)c4ccnc(C(F)(F)F)c4)ccc3C)c(C)nc2n1. The molecule has 0 spiro atoms. The van der Waals surface area contributed by atoms with Crippen LogP contribution in [0, 0.1) is 13.8 Å². The monoisotopic (exact) mass is 482 g/mol. The zero-order valence-electron chi connectivity index (χ0n) is 19.2. The van der Waals surface area contributed by atoms with Gasteiger partial charge in [-0.05, 0) is 55.3 Å². The van der Waals surface area contributed by atoms with E-state index in [2.05, 4.69) is 30.6 Å². The second-order valence-electron chi connectivity index (χ2n) is 8.20. The third kappa shape index (κ3) is 5.67. The first-order chi connectivity index (χ1) is 16.8. The summed E-state index contributed by atoms with van der Waals surface area (Å²) in [4.78, 5) is 28.9. The maximum Gasteiger partial charge on any atom is 0.433 e. The van der Waals surface area contributed by atoms with E-state index >= 15 is 0 Å². The summed E-state index contributed by atoms with van der Waals surface area (Å²) in [5, 5.41) is 4.13. The van der Waals surface area contributed by atoms with Gasteiger partial charge in [0.1, 0.15) is 5.69 Å². The lowest BCUT2D eigenvalue weighted by atomic mass is 9.49. The number of aryl methyl sites for hydroxylation is 2. The van der Waals surface area contributed by atoms with Crippen LogP contribution in [0.3, 0.4) is 0 Å². The van der Waals surface area contributed by atoms with E-state index < -0.39 is 23.0 Å². The van der Waals surface area contributed by atoms with Crippen LogP contribution < -0.4 is 10.6 Å². The number of amides is 1. The zero-order chi connectivity index (χ0) is 26.3. The summed E-state index contributed by atoms with van der Waals surface area (Å²) in [6.45, 7) is 3.68. The van der Waals surface area contributed by atoms with Crippen molar-refractivity contribution in [3.63, 3.8) is 0 Å². The molecular formula is C23H16B3F3N6O. The molecular weight excluding hydrogens is 466 g/mol. The molecule has 1 amide bonds. The van der Waals surface area contributed by atoms with E-state index in [0.29, 0.717) is 28.5 Å². The molecule has 4 rings (SSSR count). The van der Waals surface area contributed by atoms with Gasteiger partial charge in [-0.3, -0.25) is 9.78 Å². The number of halogens is 3. The average molecular weight is 482 g/mol. The summed E-state index contributed by atoms with van der Waals surface area (Å²) in [6.07, 6.45) is -2.18. The fraction of sp³-hybridized carbons (Fsp3) is 0.174. The molecule has 0 aliphatic heterocycles. The molecule has 0 bridgehead atoms. The van der Waals surface area contributed by atoms with Crippen molar-refractivity contribution in [2.45, 2.75) is 25.3 Å². The number of anilines is 2. The highest BCUT2D eigenvalue weighted by atomic mass is 19.4. The Kier molecular flexibility index (Phi) is 6.51. The Morgan fingerprint density at radius 1 is 0.944 bits per heavy atom. The third-order valence-electron chi connectivity index (χ3n) is 5.19. The number of carbonyl (C=O) groups is 1. The highest BCUT2D eigenvalue weighted by Crippen LogP contribution is 2.31. The standard InChI is InChI=1S/C23H16B3F3N6O/c1-11-3-4-15(33-20(36)13-5-6-30-18(8-13)22(27,28)29)9-16(11)17-7-14-10-31-21(35-23(24,25)26)34-19(14)32-12(17)2/h3-10H,1-2H3,(H,33,36)(H,31,32,34,35). The number of nitrogens with zero attached hydrogens (tertiary/aromatic N) is 4. The van der Waals surface area contributed by atoms with Crippen LogP contribution in [0.4, 0.5) is 24.8 Å². The van der Waals surface area contributed by atoms with Crippen molar-refractivity contribution < 1.29 is 18.0 Å². The van der Waals surface area contributed by atoms with E-state index in [4.69, 9.17) is 23.5 Å². The van der Waals surface area contributed by atoms with Crippen LogP contribution in [-0.4, -0.2) is 54.6 Å². The maximum absolute atomic E-state index is 13.0. The lowest BCUT2D eigenvalue weighted by Crippen LogP contribution is -2.40. The molecule has 2 N–H and O–H groups in total. The highest BCUT2D eigenvalue weighted by Gasteiger charge is 2.33. The summed E-state index contributed by atoms with van der Waals surface area (Å²) in [6, 6.07) is 8.92. The lowest BCUT2D eigenvalue weighted by molar-refractivity contribution is -0.141. The fourth-order valence-corrected chi connectivity index (χ4v) is 3.50. The number of aromatic nitrogens is 4. The van der Waals surface area contributed by atoms with E-state index in [1.165, 1.54) is 12.3 Å². The van der Waals surface area contributed by atoms with Crippen LogP contribution >= 0.6 is 0 Å². The number of pyridine rings is 2. The number of fused-ring (bicyclic) bond motifs is 1. The molecule has 0 aliphatic rings. The van der Waals surface area contributed by atoms with Gasteiger partial charge in [-0.1, -0.05) is 11.3 Å². The predicted octanol–water partition coefficient (Wildman–Crippen LogP) is 3.50. The molecule has 0 aliphatic carbocycles. The van der Waals surface area contributed by atoms with Crippen LogP contribution in [0.2, 0.25) is 0 Å². The normalized spacial score (nSPS) is 11.9. The molecule has 0 atom stereocenters. The number of rotatable bonds is 5. The Labute approximate surface area is 208 Å². The van der Waals surface area contributed by atoms with Crippen molar-refractivity contribution in [3.8, 4) is 11.1 Å². The fourth-order valence-electron chi connectivity index (χ4n) is 3.50. The first kappa shape index (κ1) is 25.2. The molecule has 0 saturated heterocycles. The van der Waals surface area contributed by atoms with Crippen molar-refractivity contribution in [2.24, 2.45) is 0 Å². The Balaban J connectivity index is 1.65. The largest absolute Gasteiger partial charge is 0.433 e. The van der Waals surface area contributed by atoms with Gasteiger partial charge >= 0.3 is 6.18 Å². The van der Waals surface area contributed by atoms with Crippen LogP contribution in [-0.2, 0) is 6.18 Å². The third-order valence-corrected chi connectivity index (χ3v) is 5.19. The van der Waals surface area contributed by atoms with Gasteiger partial charge in [0.05, 0.1) is 23.5 Å². The number of nitrogens with one attached hydrogen (secondary N) is 2. The molecule has 3 heterocycles.